The Labute approximate surface area is 167 Å². The molecule has 28 heavy (non-hydrogen) atoms. The Hall–Kier alpha value is -2.77. The molecule has 8 heteroatoms. The molecule has 2 N–H and O–H groups in total. The van der Waals surface area contributed by atoms with Crippen molar-refractivity contribution in [3.05, 3.63) is 57.8 Å². The van der Waals surface area contributed by atoms with E-state index in [1.807, 2.05) is 36.4 Å². The lowest BCUT2D eigenvalue weighted by Crippen LogP contribution is -2.33. The van der Waals surface area contributed by atoms with Crippen LogP contribution < -0.4 is 14.6 Å². The Bertz CT molecular complexity index is 1330. The summed E-state index contributed by atoms with van der Waals surface area (Å²) in [6.45, 7) is 1.04. The van der Waals surface area contributed by atoms with E-state index >= 15 is 0 Å². The highest BCUT2D eigenvalue weighted by atomic mass is 35.5. The first kappa shape index (κ1) is 17.3. The number of nitrogens with zero attached hydrogens (tertiary/aromatic N) is 1. The van der Waals surface area contributed by atoms with E-state index in [1.54, 1.807) is 16.6 Å². The van der Waals surface area contributed by atoms with Crippen molar-refractivity contribution in [2.45, 2.75) is 0 Å². The molecule has 0 saturated carbocycles. The van der Waals surface area contributed by atoms with Gasteiger partial charge in [0, 0.05) is 33.8 Å². The van der Waals surface area contributed by atoms with E-state index in [2.05, 4.69) is 9.97 Å². The quantitative estimate of drug-likeness (QED) is 0.524. The number of aromatic amines is 2. The van der Waals surface area contributed by atoms with Gasteiger partial charge in [0.05, 0.1) is 23.3 Å². The first-order valence-corrected chi connectivity index (χ1v) is 10.6. The molecule has 5 rings (SSSR count). The van der Waals surface area contributed by atoms with Crippen LogP contribution in [0.2, 0.25) is 5.02 Å². The second kappa shape index (κ2) is 6.39. The minimum Gasteiger partial charge on any atom is -0.489 e. The monoisotopic (exact) mass is 413 g/mol. The fraction of sp³-hybridized carbons (Fsp3) is 0.150. The number of hydrogen-bond donors (Lipinski definition) is 2. The van der Waals surface area contributed by atoms with Gasteiger partial charge < -0.3 is 14.7 Å². The molecule has 0 radical (unpaired) electrons. The lowest BCUT2D eigenvalue weighted by Gasteiger charge is -2.29. The van der Waals surface area contributed by atoms with Crippen molar-refractivity contribution in [2.24, 2.45) is 0 Å². The van der Waals surface area contributed by atoms with Crippen LogP contribution >= 0.6 is 11.6 Å². The maximum absolute atomic E-state index is 12.4. The van der Waals surface area contributed by atoms with Crippen LogP contribution in [0.25, 0.3) is 33.1 Å². The highest BCUT2D eigenvalue weighted by Gasteiger charge is 2.22. The molecule has 2 aromatic carbocycles. The number of H-pyrrole nitrogens is 2. The third-order valence-electron chi connectivity index (χ3n) is 4.96. The number of rotatable bonds is 2. The van der Waals surface area contributed by atoms with Crippen molar-refractivity contribution < 1.29 is 8.95 Å². The molecule has 6 nitrogen and oxygen atoms in total. The molecule has 0 aliphatic carbocycles. The van der Waals surface area contributed by atoms with Gasteiger partial charge >= 0.3 is 0 Å². The summed E-state index contributed by atoms with van der Waals surface area (Å²) in [5.41, 5.74) is 4.64. The van der Waals surface area contributed by atoms with Crippen LogP contribution in [0.4, 0.5) is 5.69 Å². The Kier molecular flexibility index (Phi) is 3.96. The molecular weight excluding hydrogens is 398 g/mol. The van der Waals surface area contributed by atoms with Gasteiger partial charge in [-0.25, -0.2) is 4.21 Å². The normalized spacial score (nSPS) is 14.9. The van der Waals surface area contributed by atoms with Gasteiger partial charge in [0.2, 0.25) is 5.56 Å². The molecule has 1 aliphatic rings. The molecule has 0 spiro atoms. The number of halogens is 1. The SMILES string of the molecule is CS(=O)N1CCOc2cc(-c3cc(=O)[nH]c4c3[nH]c3ccc(Cl)cc34)ccc21. The van der Waals surface area contributed by atoms with Crippen LogP contribution in [-0.2, 0) is 11.0 Å². The largest absolute Gasteiger partial charge is 0.489 e. The summed E-state index contributed by atoms with van der Waals surface area (Å²) in [6.07, 6.45) is 1.65. The topological polar surface area (TPSA) is 78.2 Å². The second-order valence-corrected chi connectivity index (χ2v) is 8.39. The number of ether oxygens (including phenoxy) is 1. The molecule has 1 unspecified atom stereocenters. The minimum atomic E-state index is -1.12. The predicted molar refractivity (Wildman–Crippen MR) is 114 cm³/mol. The molecule has 4 aromatic rings. The predicted octanol–water partition coefficient (Wildman–Crippen LogP) is 3.82. The molecule has 2 aromatic heterocycles. The lowest BCUT2D eigenvalue weighted by atomic mass is 10.0. The number of anilines is 1. The van der Waals surface area contributed by atoms with Gasteiger partial charge in [-0.05, 0) is 35.9 Å². The number of benzene rings is 2. The average molecular weight is 414 g/mol. The summed E-state index contributed by atoms with van der Waals surface area (Å²) < 4.78 is 19.6. The van der Waals surface area contributed by atoms with Crippen molar-refractivity contribution >= 4 is 50.2 Å². The fourth-order valence-electron chi connectivity index (χ4n) is 3.72. The number of aromatic nitrogens is 2. The number of nitrogens with one attached hydrogen (secondary N) is 2. The lowest BCUT2D eigenvalue weighted by molar-refractivity contribution is 0.317. The Morgan fingerprint density at radius 1 is 1.11 bits per heavy atom. The van der Waals surface area contributed by atoms with Crippen molar-refractivity contribution in [2.75, 3.05) is 23.7 Å². The highest BCUT2D eigenvalue weighted by molar-refractivity contribution is 7.85. The molecule has 0 saturated heterocycles. The molecule has 142 valence electrons. The summed E-state index contributed by atoms with van der Waals surface area (Å²) in [7, 11) is -1.12. The van der Waals surface area contributed by atoms with Gasteiger partial charge in [0.15, 0.2) is 0 Å². The van der Waals surface area contributed by atoms with E-state index < -0.39 is 11.0 Å². The van der Waals surface area contributed by atoms with Crippen molar-refractivity contribution in [3.8, 4) is 16.9 Å². The first-order valence-electron chi connectivity index (χ1n) is 8.74. The van der Waals surface area contributed by atoms with Crippen LogP contribution in [0, 0.1) is 0 Å². The first-order chi connectivity index (χ1) is 13.5. The third kappa shape index (κ3) is 2.70. The van der Waals surface area contributed by atoms with E-state index in [4.69, 9.17) is 16.3 Å². The van der Waals surface area contributed by atoms with E-state index in [9.17, 15) is 9.00 Å². The zero-order valence-electron chi connectivity index (χ0n) is 14.9. The molecule has 1 aliphatic heterocycles. The number of pyridine rings is 1. The summed E-state index contributed by atoms with van der Waals surface area (Å²) in [5.74, 6) is 0.659. The molecule has 0 amide bonds. The van der Waals surface area contributed by atoms with Gasteiger partial charge in [-0.3, -0.25) is 9.10 Å². The maximum atomic E-state index is 12.4. The van der Waals surface area contributed by atoms with Crippen LogP contribution in [0.15, 0.2) is 47.3 Å². The standard InChI is InChI=1S/C20H16ClN3O3S/c1-28(26)24-6-7-27-17-8-11(2-5-16(17)24)13-10-18(25)23-20-14-9-12(21)3-4-15(14)22-19(13)20/h2-5,8-10,22H,6-7H2,1H3,(H,23,25). The Balaban J connectivity index is 1.75. The van der Waals surface area contributed by atoms with Gasteiger partial charge in [-0.1, -0.05) is 17.7 Å². The Morgan fingerprint density at radius 2 is 1.96 bits per heavy atom. The molecule has 1 atom stereocenters. The minimum absolute atomic E-state index is 0.196. The van der Waals surface area contributed by atoms with Gasteiger partial charge in [-0.15, -0.1) is 0 Å². The van der Waals surface area contributed by atoms with Crippen LogP contribution in [0.5, 0.6) is 5.75 Å². The zero-order chi connectivity index (χ0) is 19.4. The number of hydrogen-bond acceptors (Lipinski definition) is 3. The van der Waals surface area contributed by atoms with Gasteiger partial charge in [-0.2, -0.15) is 0 Å². The van der Waals surface area contributed by atoms with Crippen molar-refractivity contribution in [3.63, 3.8) is 0 Å². The van der Waals surface area contributed by atoms with Crippen LogP contribution in [0.3, 0.4) is 0 Å². The fourth-order valence-corrected chi connectivity index (χ4v) is 4.65. The molecule has 0 fully saturated rings. The summed E-state index contributed by atoms with van der Waals surface area (Å²) in [6, 6.07) is 12.8. The van der Waals surface area contributed by atoms with E-state index in [0.29, 0.717) is 23.9 Å². The summed E-state index contributed by atoms with van der Waals surface area (Å²) >= 11 is 6.14. The maximum Gasteiger partial charge on any atom is 0.249 e. The van der Waals surface area contributed by atoms with Crippen LogP contribution in [0.1, 0.15) is 0 Å². The van der Waals surface area contributed by atoms with Crippen molar-refractivity contribution in [1.82, 2.24) is 9.97 Å². The smallest absolute Gasteiger partial charge is 0.249 e. The Morgan fingerprint density at radius 3 is 2.79 bits per heavy atom. The highest BCUT2D eigenvalue weighted by Crippen LogP contribution is 2.38. The van der Waals surface area contributed by atoms with Crippen molar-refractivity contribution in [1.29, 1.82) is 0 Å². The summed E-state index contributed by atoms with van der Waals surface area (Å²) in [4.78, 5) is 18.6. The number of fused-ring (bicyclic) bond motifs is 4. The van der Waals surface area contributed by atoms with Crippen LogP contribution in [-0.4, -0.2) is 33.6 Å². The molecular formula is C20H16ClN3O3S. The zero-order valence-corrected chi connectivity index (χ0v) is 16.5. The molecule has 0 bridgehead atoms. The second-order valence-electron chi connectivity index (χ2n) is 6.67. The molecule has 3 heterocycles. The van der Waals surface area contributed by atoms with Gasteiger partial charge in [0.1, 0.15) is 23.3 Å². The summed E-state index contributed by atoms with van der Waals surface area (Å²) in [5, 5.41) is 1.47. The van der Waals surface area contributed by atoms with E-state index in [-0.39, 0.29) is 5.56 Å². The van der Waals surface area contributed by atoms with E-state index in [1.165, 1.54) is 0 Å². The van der Waals surface area contributed by atoms with E-state index in [0.717, 1.165) is 38.8 Å². The third-order valence-corrected chi connectivity index (χ3v) is 6.19. The van der Waals surface area contributed by atoms with Gasteiger partial charge in [0.25, 0.3) is 0 Å². The average Bonchev–Trinajstić information content (AvgIpc) is 3.04.